The van der Waals surface area contributed by atoms with Crippen LogP contribution in [0.3, 0.4) is 0 Å². The molecule has 1 aromatic carbocycles. The summed E-state index contributed by atoms with van der Waals surface area (Å²) < 4.78 is 0.795. The van der Waals surface area contributed by atoms with E-state index in [2.05, 4.69) is 21.2 Å². The minimum Gasteiger partial charge on any atom is -0.478 e. The first kappa shape index (κ1) is 15.1. The van der Waals surface area contributed by atoms with E-state index in [1.165, 1.54) is 0 Å². The van der Waals surface area contributed by atoms with Crippen molar-refractivity contribution in [3.8, 4) is 0 Å². The van der Waals surface area contributed by atoms with Crippen molar-refractivity contribution in [1.82, 2.24) is 5.32 Å². The Hall–Kier alpha value is -0.910. The Bertz CT molecular complexity index is 458. The molecule has 0 aliphatic carbocycles. The van der Waals surface area contributed by atoms with Crippen molar-refractivity contribution in [2.24, 2.45) is 0 Å². The van der Waals surface area contributed by atoms with Gasteiger partial charge in [-0.1, -0.05) is 22.0 Å². The zero-order chi connectivity index (χ0) is 13.9. The molecular weight excluding hydrogens is 298 g/mol. The van der Waals surface area contributed by atoms with Crippen LogP contribution in [0.4, 0.5) is 0 Å². The van der Waals surface area contributed by atoms with E-state index in [9.17, 15) is 4.79 Å². The van der Waals surface area contributed by atoms with Gasteiger partial charge >= 0.3 is 5.97 Å². The maximum absolute atomic E-state index is 11.0. The van der Waals surface area contributed by atoms with Gasteiger partial charge in [0.25, 0.3) is 0 Å². The molecule has 0 atom stereocenters. The van der Waals surface area contributed by atoms with E-state index in [0.29, 0.717) is 17.7 Å². The maximum atomic E-state index is 11.0. The van der Waals surface area contributed by atoms with Crippen LogP contribution in [0.5, 0.6) is 0 Å². The molecule has 4 nitrogen and oxygen atoms in total. The van der Waals surface area contributed by atoms with E-state index >= 15 is 0 Å². The highest BCUT2D eigenvalue weighted by Gasteiger charge is 2.17. The molecule has 100 valence electrons. The molecule has 0 aromatic heterocycles. The number of aliphatic hydroxyl groups is 1. The second kappa shape index (κ2) is 5.82. The minimum atomic E-state index is -0.927. The largest absolute Gasteiger partial charge is 0.478 e. The molecule has 5 heteroatoms. The summed E-state index contributed by atoms with van der Waals surface area (Å²) in [5.41, 5.74) is 1.62. The van der Waals surface area contributed by atoms with E-state index < -0.39 is 5.97 Å². The molecule has 0 saturated carbocycles. The number of rotatable bonds is 5. The van der Waals surface area contributed by atoms with Crippen LogP contribution < -0.4 is 5.32 Å². The van der Waals surface area contributed by atoms with Gasteiger partial charge in [-0.25, -0.2) is 4.79 Å². The number of nitrogens with one attached hydrogen (secondary N) is 1. The molecule has 0 spiro atoms. The number of aliphatic hydroxyl groups excluding tert-OH is 1. The number of carboxylic acids is 1. The van der Waals surface area contributed by atoms with E-state index in [4.69, 9.17) is 10.2 Å². The van der Waals surface area contributed by atoms with Crippen molar-refractivity contribution in [1.29, 1.82) is 0 Å². The summed E-state index contributed by atoms with van der Waals surface area (Å²) in [7, 11) is 0. The third kappa shape index (κ3) is 3.54. The van der Waals surface area contributed by atoms with Crippen molar-refractivity contribution in [2.45, 2.75) is 32.9 Å². The molecule has 0 aliphatic rings. The second-order valence-electron chi connectivity index (χ2n) is 4.91. The monoisotopic (exact) mass is 315 g/mol. The Morgan fingerprint density at radius 3 is 2.56 bits per heavy atom. The fourth-order valence-electron chi connectivity index (χ4n) is 1.50. The first-order chi connectivity index (χ1) is 8.28. The SMILES string of the molecule is Cc1c(C(=O)O)ccc(CNC(C)(C)CO)c1Br. The fraction of sp³-hybridized carbons (Fsp3) is 0.462. The van der Waals surface area contributed by atoms with Gasteiger partial charge in [0.05, 0.1) is 12.2 Å². The van der Waals surface area contributed by atoms with Gasteiger partial charge in [-0.2, -0.15) is 0 Å². The Balaban J connectivity index is 2.93. The minimum absolute atomic E-state index is 0.0385. The number of carbonyl (C=O) groups is 1. The third-order valence-electron chi connectivity index (χ3n) is 2.85. The van der Waals surface area contributed by atoms with Gasteiger partial charge in [0.15, 0.2) is 0 Å². The number of hydrogen-bond acceptors (Lipinski definition) is 3. The highest BCUT2D eigenvalue weighted by molar-refractivity contribution is 9.10. The molecule has 0 unspecified atom stereocenters. The Morgan fingerprint density at radius 2 is 2.06 bits per heavy atom. The van der Waals surface area contributed by atoms with E-state index in [1.807, 2.05) is 13.8 Å². The predicted molar refractivity (Wildman–Crippen MR) is 73.8 cm³/mol. The first-order valence-electron chi connectivity index (χ1n) is 5.65. The lowest BCUT2D eigenvalue weighted by molar-refractivity contribution is 0.0696. The van der Waals surface area contributed by atoms with Crippen LogP contribution in [0.1, 0.15) is 35.3 Å². The Kier molecular flexibility index (Phi) is 4.90. The standard InChI is InChI=1S/C13H18BrNO3/c1-8-10(12(17)18)5-4-9(11(8)14)6-15-13(2,3)7-16/h4-5,15-16H,6-7H2,1-3H3,(H,17,18). The average Bonchev–Trinajstić information content (AvgIpc) is 2.30. The smallest absolute Gasteiger partial charge is 0.335 e. The third-order valence-corrected chi connectivity index (χ3v) is 3.95. The quantitative estimate of drug-likeness (QED) is 0.780. The molecule has 0 fully saturated rings. The van der Waals surface area contributed by atoms with Crippen LogP contribution in [-0.2, 0) is 6.54 Å². The number of hydrogen-bond donors (Lipinski definition) is 3. The molecular formula is C13H18BrNO3. The lowest BCUT2D eigenvalue weighted by Gasteiger charge is -2.24. The Morgan fingerprint density at radius 1 is 1.44 bits per heavy atom. The number of carboxylic acid groups (broad SMARTS) is 1. The van der Waals surface area contributed by atoms with Gasteiger partial charge in [-0.15, -0.1) is 0 Å². The van der Waals surface area contributed by atoms with Gasteiger partial charge in [0.2, 0.25) is 0 Å². The Labute approximate surface area is 115 Å². The molecule has 3 N–H and O–H groups in total. The molecule has 0 bridgehead atoms. The predicted octanol–water partition coefficient (Wildman–Crippen LogP) is 2.32. The second-order valence-corrected chi connectivity index (χ2v) is 5.70. The average molecular weight is 316 g/mol. The first-order valence-corrected chi connectivity index (χ1v) is 6.45. The van der Waals surface area contributed by atoms with Crippen molar-refractivity contribution < 1.29 is 15.0 Å². The number of aromatic carboxylic acids is 1. The lowest BCUT2D eigenvalue weighted by atomic mass is 10.0. The van der Waals surface area contributed by atoms with Crippen LogP contribution >= 0.6 is 15.9 Å². The van der Waals surface area contributed by atoms with Gasteiger partial charge in [0, 0.05) is 16.6 Å². The molecule has 18 heavy (non-hydrogen) atoms. The summed E-state index contributed by atoms with van der Waals surface area (Å²) in [6, 6.07) is 3.38. The number of halogens is 1. The highest BCUT2D eigenvalue weighted by atomic mass is 79.9. The lowest BCUT2D eigenvalue weighted by Crippen LogP contribution is -2.42. The van der Waals surface area contributed by atoms with Crippen molar-refractivity contribution >= 4 is 21.9 Å². The van der Waals surface area contributed by atoms with E-state index in [0.717, 1.165) is 10.0 Å². The van der Waals surface area contributed by atoms with Crippen LogP contribution in [-0.4, -0.2) is 28.3 Å². The van der Waals surface area contributed by atoms with Crippen LogP contribution in [0.25, 0.3) is 0 Å². The zero-order valence-corrected chi connectivity index (χ0v) is 12.3. The molecule has 1 rings (SSSR count). The van der Waals surface area contributed by atoms with Crippen LogP contribution in [0.2, 0.25) is 0 Å². The fourth-order valence-corrected chi connectivity index (χ4v) is 1.99. The topological polar surface area (TPSA) is 69.6 Å². The molecule has 1 aromatic rings. The highest BCUT2D eigenvalue weighted by Crippen LogP contribution is 2.25. The summed E-state index contributed by atoms with van der Waals surface area (Å²) in [4.78, 5) is 11.0. The maximum Gasteiger partial charge on any atom is 0.335 e. The van der Waals surface area contributed by atoms with E-state index in [1.54, 1.807) is 19.1 Å². The molecule has 0 saturated heterocycles. The summed E-state index contributed by atoms with van der Waals surface area (Å²) in [5.74, 6) is -0.927. The van der Waals surface area contributed by atoms with Gasteiger partial charge < -0.3 is 15.5 Å². The molecule has 0 amide bonds. The summed E-state index contributed by atoms with van der Waals surface area (Å²) in [6.45, 7) is 6.18. The summed E-state index contributed by atoms with van der Waals surface area (Å²) in [5, 5.41) is 21.4. The van der Waals surface area contributed by atoms with Gasteiger partial charge in [-0.05, 0) is 38.0 Å². The number of benzene rings is 1. The van der Waals surface area contributed by atoms with Gasteiger partial charge in [0.1, 0.15) is 0 Å². The summed E-state index contributed by atoms with van der Waals surface area (Å²) >= 11 is 3.42. The molecule has 0 aliphatic heterocycles. The van der Waals surface area contributed by atoms with Crippen LogP contribution in [0.15, 0.2) is 16.6 Å². The molecule has 0 heterocycles. The van der Waals surface area contributed by atoms with Gasteiger partial charge in [-0.3, -0.25) is 0 Å². The normalized spacial score (nSPS) is 11.6. The van der Waals surface area contributed by atoms with Crippen molar-refractivity contribution in [3.63, 3.8) is 0 Å². The van der Waals surface area contributed by atoms with Crippen molar-refractivity contribution in [3.05, 3.63) is 33.3 Å². The molecule has 0 radical (unpaired) electrons. The zero-order valence-electron chi connectivity index (χ0n) is 10.7. The summed E-state index contributed by atoms with van der Waals surface area (Å²) in [6.07, 6.45) is 0. The van der Waals surface area contributed by atoms with Crippen LogP contribution in [0, 0.1) is 6.92 Å². The van der Waals surface area contributed by atoms with E-state index in [-0.39, 0.29) is 12.1 Å². The van der Waals surface area contributed by atoms with Crippen molar-refractivity contribution in [2.75, 3.05) is 6.61 Å².